The fraction of sp³-hybridized carbons (Fsp3) is 0.286. The summed E-state index contributed by atoms with van der Waals surface area (Å²) in [6.45, 7) is 4.03. The van der Waals surface area contributed by atoms with Crippen molar-refractivity contribution < 1.29 is 13.2 Å². The summed E-state index contributed by atoms with van der Waals surface area (Å²) in [4.78, 5) is 12.4. The molecule has 9 heteroatoms. The molecule has 0 spiro atoms. The Kier molecular flexibility index (Phi) is 6.96. The first-order valence-corrected chi connectivity index (χ1v) is 11.3. The number of amides is 1. The van der Waals surface area contributed by atoms with Crippen molar-refractivity contribution in [1.29, 1.82) is 0 Å². The summed E-state index contributed by atoms with van der Waals surface area (Å²) in [6, 6.07) is 16.4. The monoisotopic (exact) mass is 427 g/mol. The molecule has 0 saturated heterocycles. The zero-order valence-corrected chi connectivity index (χ0v) is 17.8. The normalized spacial score (nSPS) is 11.6. The molecule has 3 aromatic rings. The Hall–Kier alpha value is -3.04. The first-order valence-electron chi connectivity index (χ1n) is 9.66. The van der Waals surface area contributed by atoms with Crippen LogP contribution in [-0.4, -0.2) is 35.9 Å². The predicted molar refractivity (Wildman–Crippen MR) is 116 cm³/mol. The Balaban J connectivity index is 1.57. The van der Waals surface area contributed by atoms with E-state index < -0.39 is 10.0 Å². The van der Waals surface area contributed by atoms with Crippen LogP contribution in [0.25, 0.3) is 11.3 Å². The van der Waals surface area contributed by atoms with Gasteiger partial charge in [-0.25, -0.2) is 17.8 Å². The Bertz CT molecular complexity index is 1090. The molecule has 0 fully saturated rings. The topological polar surface area (TPSA) is 106 Å². The van der Waals surface area contributed by atoms with E-state index in [1.807, 2.05) is 44.3 Å². The van der Waals surface area contributed by atoms with Gasteiger partial charge in [0.2, 0.25) is 15.9 Å². The zero-order valence-electron chi connectivity index (χ0n) is 16.9. The number of benzene rings is 2. The van der Waals surface area contributed by atoms with Crippen LogP contribution in [0, 0.1) is 0 Å². The number of rotatable bonds is 9. The van der Waals surface area contributed by atoms with Crippen molar-refractivity contribution in [2.45, 2.75) is 32.1 Å². The molecule has 8 nitrogen and oxygen atoms in total. The molecular formula is C21H25N5O3S. The van der Waals surface area contributed by atoms with Crippen LogP contribution in [0.5, 0.6) is 0 Å². The van der Waals surface area contributed by atoms with Crippen LogP contribution in [-0.2, 0) is 20.6 Å². The number of hydrogen-bond donors (Lipinski definition) is 2. The standard InChI is InChI=1S/C21H25N5O3S/c1-16(2)26-14-20(24-25-26)18-10-6-7-11-19(18)23-21(27)12-13-22-30(28,29)15-17-8-4-3-5-9-17/h3-11,14,16,22H,12-13,15H2,1-2H3,(H,23,27). The number of sulfonamides is 1. The first kappa shape index (κ1) is 21.7. The third-order valence-corrected chi connectivity index (χ3v) is 5.75. The van der Waals surface area contributed by atoms with Gasteiger partial charge in [0.15, 0.2) is 0 Å². The molecule has 0 atom stereocenters. The number of nitrogens with zero attached hydrogens (tertiary/aromatic N) is 3. The molecule has 3 rings (SSSR count). The summed E-state index contributed by atoms with van der Waals surface area (Å²) in [7, 11) is -3.51. The zero-order chi connectivity index (χ0) is 21.6. The Morgan fingerprint density at radius 2 is 1.77 bits per heavy atom. The summed E-state index contributed by atoms with van der Waals surface area (Å²) >= 11 is 0. The van der Waals surface area contributed by atoms with E-state index in [1.165, 1.54) is 0 Å². The van der Waals surface area contributed by atoms with Crippen molar-refractivity contribution >= 4 is 21.6 Å². The highest BCUT2D eigenvalue weighted by atomic mass is 32.2. The average Bonchev–Trinajstić information content (AvgIpc) is 3.19. The van der Waals surface area contributed by atoms with Gasteiger partial charge in [-0.3, -0.25) is 4.79 Å². The molecule has 0 aliphatic rings. The van der Waals surface area contributed by atoms with Crippen LogP contribution in [0.15, 0.2) is 60.8 Å². The van der Waals surface area contributed by atoms with Gasteiger partial charge in [-0.2, -0.15) is 0 Å². The lowest BCUT2D eigenvalue weighted by Gasteiger charge is -2.10. The second kappa shape index (κ2) is 9.64. The molecule has 0 bridgehead atoms. The maximum Gasteiger partial charge on any atom is 0.225 e. The summed E-state index contributed by atoms with van der Waals surface area (Å²) < 4.78 is 28.6. The minimum atomic E-state index is -3.51. The molecule has 158 valence electrons. The number of aromatic nitrogens is 3. The van der Waals surface area contributed by atoms with Crippen LogP contribution >= 0.6 is 0 Å². The average molecular weight is 428 g/mol. The molecule has 1 amide bonds. The summed E-state index contributed by atoms with van der Waals surface area (Å²) in [5.41, 5.74) is 2.70. The van der Waals surface area contributed by atoms with E-state index in [4.69, 9.17) is 0 Å². The van der Waals surface area contributed by atoms with Gasteiger partial charge in [0.1, 0.15) is 5.69 Å². The van der Waals surface area contributed by atoms with Gasteiger partial charge in [0, 0.05) is 24.6 Å². The van der Waals surface area contributed by atoms with Crippen molar-refractivity contribution in [2.24, 2.45) is 0 Å². The lowest BCUT2D eigenvalue weighted by molar-refractivity contribution is -0.116. The summed E-state index contributed by atoms with van der Waals surface area (Å²) in [5.74, 6) is -0.412. The third kappa shape index (κ3) is 5.98. The number of nitrogens with one attached hydrogen (secondary N) is 2. The van der Waals surface area contributed by atoms with E-state index in [9.17, 15) is 13.2 Å². The van der Waals surface area contributed by atoms with E-state index in [0.29, 0.717) is 16.9 Å². The molecule has 0 radical (unpaired) electrons. The molecule has 1 aromatic heterocycles. The van der Waals surface area contributed by atoms with Crippen molar-refractivity contribution in [1.82, 2.24) is 19.7 Å². The Labute approximate surface area is 176 Å². The SMILES string of the molecule is CC(C)n1cc(-c2ccccc2NC(=O)CCNS(=O)(=O)Cc2ccccc2)nn1. The molecule has 0 unspecified atom stereocenters. The molecule has 2 aromatic carbocycles. The Morgan fingerprint density at radius 3 is 2.47 bits per heavy atom. The fourth-order valence-corrected chi connectivity index (χ4v) is 3.99. The van der Waals surface area contributed by atoms with Crippen LogP contribution in [0.3, 0.4) is 0 Å². The van der Waals surface area contributed by atoms with Crippen LogP contribution in [0.1, 0.15) is 31.9 Å². The fourth-order valence-electron chi connectivity index (χ4n) is 2.85. The summed E-state index contributed by atoms with van der Waals surface area (Å²) in [6.07, 6.45) is 1.84. The largest absolute Gasteiger partial charge is 0.325 e. The van der Waals surface area contributed by atoms with E-state index in [1.54, 1.807) is 35.0 Å². The molecule has 30 heavy (non-hydrogen) atoms. The van der Waals surface area contributed by atoms with Crippen molar-refractivity contribution in [2.75, 3.05) is 11.9 Å². The first-order chi connectivity index (χ1) is 14.3. The minimum Gasteiger partial charge on any atom is -0.325 e. The number of hydrogen-bond acceptors (Lipinski definition) is 5. The van der Waals surface area contributed by atoms with E-state index >= 15 is 0 Å². The van der Waals surface area contributed by atoms with Gasteiger partial charge in [0.05, 0.1) is 17.6 Å². The molecule has 0 saturated carbocycles. The molecule has 2 N–H and O–H groups in total. The van der Waals surface area contributed by atoms with Gasteiger partial charge >= 0.3 is 0 Å². The van der Waals surface area contributed by atoms with Gasteiger partial charge in [0.25, 0.3) is 0 Å². The highest BCUT2D eigenvalue weighted by Gasteiger charge is 2.14. The second-order valence-corrected chi connectivity index (χ2v) is 8.97. The van der Waals surface area contributed by atoms with Gasteiger partial charge in [-0.15, -0.1) is 5.10 Å². The maximum atomic E-state index is 12.4. The minimum absolute atomic E-state index is 0.0149. The molecule has 0 aliphatic heterocycles. The number of anilines is 1. The smallest absolute Gasteiger partial charge is 0.225 e. The highest BCUT2D eigenvalue weighted by Crippen LogP contribution is 2.26. The van der Waals surface area contributed by atoms with Crippen LogP contribution < -0.4 is 10.0 Å². The van der Waals surface area contributed by atoms with Gasteiger partial charge in [-0.05, 0) is 25.5 Å². The summed E-state index contributed by atoms with van der Waals surface area (Å²) in [5, 5.41) is 11.1. The third-order valence-electron chi connectivity index (χ3n) is 4.39. The second-order valence-electron chi connectivity index (χ2n) is 7.16. The lowest BCUT2D eigenvalue weighted by Crippen LogP contribution is -2.29. The van der Waals surface area contributed by atoms with Crippen LogP contribution in [0.4, 0.5) is 5.69 Å². The van der Waals surface area contributed by atoms with E-state index in [0.717, 1.165) is 5.56 Å². The maximum absolute atomic E-state index is 12.4. The molecule has 0 aliphatic carbocycles. The lowest BCUT2D eigenvalue weighted by atomic mass is 10.1. The van der Waals surface area contributed by atoms with Crippen LogP contribution in [0.2, 0.25) is 0 Å². The Morgan fingerprint density at radius 1 is 1.07 bits per heavy atom. The van der Waals surface area contributed by atoms with Crippen molar-refractivity contribution in [3.05, 3.63) is 66.4 Å². The molecular weight excluding hydrogens is 402 g/mol. The van der Waals surface area contributed by atoms with Gasteiger partial charge in [-0.1, -0.05) is 53.7 Å². The quantitative estimate of drug-likeness (QED) is 0.546. The van der Waals surface area contributed by atoms with Crippen molar-refractivity contribution in [3.8, 4) is 11.3 Å². The van der Waals surface area contributed by atoms with Gasteiger partial charge < -0.3 is 5.32 Å². The number of carbonyl (C=O) groups is 1. The molecule has 1 heterocycles. The predicted octanol–water partition coefficient (Wildman–Crippen LogP) is 2.97. The van der Waals surface area contributed by atoms with Crippen molar-refractivity contribution in [3.63, 3.8) is 0 Å². The van der Waals surface area contributed by atoms with E-state index in [-0.39, 0.29) is 30.7 Å². The highest BCUT2D eigenvalue weighted by molar-refractivity contribution is 7.88. The van der Waals surface area contributed by atoms with E-state index in [2.05, 4.69) is 20.4 Å². The number of carbonyl (C=O) groups excluding carboxylic acids is 1. The number of para-hydroxylation sites is 1.